The van der Waals surface area contributed by atoms with Crippen molar-refractivity contribution in [3.63, 3.8) is 0 Å². The monoisotopic (exact) mass is 459 g/mol. The molecule has 0 saturated carbocycles. The molecule has 2 aromatic carbocycles. The highest BCUT2D eigenvalue weighted by molar-refractivity contribution is 6.42. The fraction of sp³-hybridized carbons (Fsp3) is 0.300. The number of nitrogens with zero attached hydrogens (tertiary/aromatic N) is 1. The van der Waals surface area contributed by atoms with Crippen molar-refractivity contribution in [1.82, 2.24) is 10.2 Å². The number of anilines is 1. The summed E-state index contributed by atoms with van der Waals surface area (Å²) < 4.78 is 28.5. The third-order valence-electron chi connectivity index (χ3n) is 3.91. The van der Waals surface area contributed by atoms with Crippen molar-refractivity contribution in [2.45, 2.75) is 13.0 Å². The van der Waals surface area contributed by atoms with Crippen LogP contribution in [0.4, 0.5) is 14.5 Å². The molecular weight excluding hydrogens is 439 g/mol. The van der Waals surface area contributed by atoms with Crippen molar-refractivity contribution >= 4 is 40.7 Å². The molecule has 2 amide bonds. The molecule has 2 N–H and O–H groups in total. The molecule has 0 bridgehead atoms. The first-order valence-electron chi connectivity index (χ1n) is 8.97. The third-order valence-corrected chi connectivity index (χ3v) is 4.65. The van der Waals surface area contributed by atoms with Crippen LogP contribution in [-0.4, -0.2) is 50.0 Å². The minimum Gasteiger partial charge on any atom is -0.435 e. The fourth-order valence-electron chi connectivity index (χ4n) is 2.56. The summed E-state index contributed by atoms with van der Waals surface area (Å²) in [5.74, 6) is -0.453. The molecule has 0 aliphatic rings. The number of alkyl halides is 2. The molecular formula is C20H21Cl2F2N3O3. The Morgan fingerprint density at radius 3 is 2.33 bits per heavy atom. The van der Waals surface area contributed by atoms with E-state index in [1.165, 1.54) is 12.1 Å². The maximum Gasteiger partial charge on any atom is 0.387 e. The predicted octanol–water partition coefficient (Wildman–Crippen LogP) is 3.82. The Bertz CT molecular complexity index is 867. The van der Waals surface area contributed by atoms with Crippen LogP contribution >= 0.6 is 23.2 Å². The Morgan fingerprint density at radius 2 is 1.70 bits per heavy atom. The summed E-state index contributed by atoms with van der Waals surface area (Å²) in [5.41, 5.74) is 1.38. The highest BCUT2D eigenvalue weighted by Crippen LogP contribution is 2.24. The predicted molar refractivity (Wildman–Crippen MR) is 112 cm³/mol. The van der Waals surface area contributed by atoms with Gasteiger partial charge in [0.15, 0.2) is 0 Å². The van der Waals surface area contributed by atoms with E-state index < -0.39 is 6.61 Å². The maximum atomic E-state index is 12.1. The largest absolute Gasteiger partial charge is 0.435 e. The van der Waals surface area contributed by atoms with Gasteiger partial charge in [-0.15, -0.1) is 0 Å². The number of nitrogens with one attached hydrogen (secondary N) is 2. The van der Waals surface area contributed by atoms with Crippen LogP contribution in [0.3, 0.4) is 0 Å². The van der Waals surface area contributed by atoms with Gasteiger partial charge in [-0.25, -0.2) is 0 Å². The second kappa shape index (κ2) is 11.7. The highest BCUT2D eigenvalue weighted by Gasteiger charge is 2.11. The van der Waals surface area contributed by atoms with Gasteiger partial charge in [-0.05, 0) is 49.4 Å². The molecule has 0 fully saturated rings. The molecule has 0 unspecified atom stereocenters. The fourth-order valence-corrected chi connectivity index (χ4v) is 2.86. The molecule has 0 atom stereocenters. The van der Waals surface area contributed by atoms with Crippen LogP contribution in [0.5, 0.6) is 5.75 Å². The van der Waals surface area contributed by atoms with Crippen LogP contribution in [0.25, 0.3) is 0 Å². The summed E-state index contributed by atoms with van der Waals surface area (Å²) >= 11 is 11.7. The summed E-state index contributed by atoms with van der Waals surface area (Å²) in [7, 11) is 1.65. The maximum absolute atomic E-state index is 12.1. The van der Waals surface area contributed by atoms with Gasteiger partial charge < -0.3 is 15.4 Å². The first kappa shape index (κ1) is 23.9. The van der Waals surface area contributed by atoms with E-state index in [9.17, 15) is 18.4 Å². The van der Waals surface area contributed by atoms with Crippen LogP contribution in [0.2, 0.25) is 10.0 Å². The Balaban J connectivity index is 1.68. The van der Waals surface area contributed by atoms with Gasteiger partial charge in [0.2, 0.25) is 11.8 Å². The van der Waals surface area contributed by atoms with E-state index in [-0.39, 0.29) is 30.7 Å². The summed E-state index contributed by atoms with van der Waals surface area (Å²) in [6.07, 6.45) is 0.530. The Kier molecular flexibility index (Phi) is 9.29. The van der Waals surface area contributed by atoms with E-state index >= 15 is 0 Å². The second-order valence-corrected chi connectivity index (χ2v) is 7.29. The molecule has 6 nitrogen and oxygen atoms in total. The summed E-state index contributed by atoms with van der Waals surface area (Å²) in [6.45, 7) is -2.44. The lowest BCUT2D eigenvalue weighted by Crippen LogP contribution is -2.39. The number of ether oxygens (including phenoxy) is 1. The van der Waals surface area contributed by atoms with E-state index in [1.807, 2.05) is 0 Å². The number of hydrogen-bond donors (Lipinski definition) is 2. The van der Waals surface area contributed by atoms with Crippen molar-refractivity contribution in [3.05, 3.63) is 58.1 Å². The summed E-state index contributed by atoms with van der Waals surface area (Å²) in [4.78, 5) is 25.7. The van der Waals surface area contributed by atoms with Crippen LogP contribution < -0.4 is 15.4 Å². The number of amides is 2. The lowest BCUT2D eigenvalue weighted by atomic mass is 10.1. The van der Waals surface area contributed by atoms with Crippen molar-refractivity contribution in [1.29, 1.82) is 0 Å². The van der Waals surface area contributed by atoms with Crippen molar-refractivity contribution in [2.75, 3.05) is 32.0 Å². The molecule has 30 heavy (non-hydrogen) atoms. The number of rotatable bonds is 10. The topological polar surface area (TPSA) is 70.7 Å². The van der Waals surface area contributed by atoms with Gasteiger partial charge in [0, 0.05) is 12.2 Å². The Hall–Kier alpha value is -2.42. The highest BCUT2D eigenvalue weighted by atomic mass is 35.5. The van der Waals surface area contributed by atoms with E-state index in [0.717, 1.165) is 5.56 Å². The van der Waals surface area contributed by atoms with E-state index in [4.69, 9.17) is 23.2 Å². The normalized spacial score (nSPS) is 10.9. The Morgan fingerprint density at radius 1 is 1.03 bits per heavy atom. The zero-order valence-electron chi connectivity index (χ0n) is 16.1. The first-order valence-corrected chi connectivity index (χ1v) is 9.72. The summed E-state index contributed by atoms with van der Waals surface area (Å²) in [5, 5.41) is 6.15. The molecule has 0 spiro atoms. The molecule has 0 radical (unpaired) electrons. The molecule has 0 aliphatic carbocycles. The molecule has 0 saturated heterocycles. The van der Waals surface area contributed by atoms with Gasteiger partial charge in [-0.2, -0.15) is 8.78 Å². The SMILES string of the molecule is CN(CC(=O)NCCc1ccc(OC(F)F)cc1)CC(=O)Nc1ccc(Cl)c(Cl)c1. The minimum absolute atomic E-state index is 0.0132. The molecule has 2 rings (SSSR count). The van der Waals surface area contributed by atoms with E-state index in [2.05, 4.69) is 15.4 Å². The number of halogens is 4. The molecule has 0 aromatic heterocycles. The summed E-state index contributed by atoms with van der Waals surface area (Å²) in [6, 6.07) is 11.0. The zero-order chi connectivity index (χ0) is 22.1. The average Bonchev–Trinajstić information content (AvgIpc) is 2.65. The number of benzene rings is 2. The van der Waals surface area contributed by atoms with Gasteiger partial charge in [0.05, 0.1) is 23.1 Å². The molecule has 0 heterocycles. The van der Waals surface area contributed by atoms with Crippen LogP contribution in [-0.2, 0) is 16.0 Å². The molecule has 162 valence electrons. The van der Waals surface area contributed by atoms with Crippen molar-refractivity contribution in [3.8, 4) is 5.75 Å². The quantitative estimate of drug-likeness (QED) is 0.566. The number of carbonyl (C=O) groups is 2. The molecule has 0 aliphatic heterocycles. The average molecular weight is 460 g/mol. The number of likely N-dealkylation sites (N-methyl/N-ethyl adjacent to an activating group) is 1. The zero-order valence-corrected chi connectivity index (χ0v) is 17.6. The van der Waals surface area contributed by atoms with Gasteiger partial charge in [0.25, 0.3) is 0 Å². The lowest BCUT2D eigenvalue weighted by Gasteiger charge is -2.16. The molecule has 2 aromatic rings. The van der Waals surface area contributed by atoms with Gasteiger partial charge in [-0.3, -0.25) is 14.5 Å². The first-order chi connectivity index (χ1) is 14.2. The van der Waals surface area contributed by atoms with Crippen molar-refractivity contribution < 1.29 is 23.1 Å². The lowest BCUT2D eigenvalue weighted by molar-refractivity contribution is -0.122. The van der Waals surface area contributed by atoms with E-state index in [0.29, 0.717) is 28.7 Å². The number of hydrogen-bond acceptors (Lipinski definition) is 4. The van der Waals surface area contributed by atoms with Gasteiger partial charge in [0.1, 0.15) is 5.75 Å². The smallest absolute Gasteiger partial charge is 0.387 e. The third kappa shape index (κ3) is 8.52. The van der Waals surface area contributed by atoms with Crippen LogP contribution in [0.15, 0.2) is 42.5 Å². The second-order valence-electron chi connectivity index (χ2n) is 6.47. The number of carbonyl (C=O) groups excluding carboxylic acids is 2. The van der Waals surface area contributed by atoms with Crippen LogP contribution in [0.1, 0.15) is 5.56 Å². The molecule has 10 heteroatoms. The van der Waals surface area contributed by atoms with Gasteiger partial charge in [-0.1, -0.05) is 35.3 Å². The van der Waals surface area contributed by atoms with Gasteiger partial charge >= 0.3 is 6.61 Å². The van der Waals surface area contributed by atoms with E-state index in [1.54, 1.807) is 42.3 Å². The Labute approximate surface area is 183 Å². The van der Waals surface area contributed by atoms with Crippen molar-refractivity contribution in [2.24, 2.45) is 0 Å². The minimum atomic E-state index is -2.86. The standard InChI is InChI=1S/C20H21Cl2F2N3O3/c1-27(12-19(29)26-14-4-7-16(21)17(22)10-14)11-18(28)25-9-8-13-2-5-15(6-3-13)30-20(23)24/h2-7,10,20H,8-9,11-12H2,1H3,(H,25,28)(H,26,29). The van der Waals surface area contributed by atoms with Crippen LogP contribution in [0, 0.1) is 0 Å².